The third-order valence-electron chi connectivity index (χ3n) is 5.83. The minimum absolute atomic E-state index is 0.0199. The Kier molecular flexibility index (Phi) is 5.49. The minimum Gasteiger partial charge on any atom is -0.337 e. The maximum atomic E-state index is 13.5. The van der Waals surface area contributed by atoms with Crippen molar-refractivity contribution < 1.29 is 21.4 Å². The fraction of sp³-hybridized carbons (Fsp3) is 0.0800. The summed E-state index contributed by atoms with van der Waals surface area (Å²) in [6, 6.07) is 21.5. The fourth-order valence-electron chi connectivity index (χ4n) is 3.88. The Morgan fingerprint density at radius 1 is 0.800 bits per heavy atom. The first-order valence-corrected chi connectivity index (χ1v) is 13.6. The molecule has 0 saturated carbocycles. The number of anilines is 1. The van der Waals surface area contributed by atoms with Crippen molar-refractivity contribution in [1.29, 1.82) is 0 Å². The second kappa shape index (κ2) is 8.40. The van der Waals surface area contributed by atoms with Gasteiger partial charge in [-0.1, -0.05) is 59.8 Å². The molecule has 35 heavy (non-hydrogen) atoms. The monoisotopic (exact) mass is 507 g/mol. The second-order valence-corrected chi connectivity index (χ2v) is 11.5. The molecule has 5 aromatic rings. The van der Waals surface area contributed by atoms with Crippen molar-refractivity contribution >= 4 is 36.8 Å². The highest BCUT2D eigenvalue weighted by Crippen LogP contribution is 2.37. The molecule has 1 N–H and O–H groups in total. The molecule has 0 spiro atoms. The molecule has 5 rings (SSSR count). The summed E-state index contributed by atoms with van der Waals surface area (Å²) in [6.07, 6.45) is 1.46. The third-order valence-corrected chi connectivity index (χ3v) is 8.91. The van der Waals surface area contributed by atoms with Gasteiger partial charge in [0.15, 0.2) is 0 Å². The number of sulfonamides is 1. The Hall–Kier alpha value is -3.89. The number of nitrogens with one attached hydrogen (secondary N) is 1. The molecule has 0 aliphatic heterocycles. The van der Waals surface area contributed by atoms with Gasteiger partial charge in [-0.3, -0.25) is 0 Å². The molecule has 0 unspecified atom stereocenters. The zero-order valence-corrected chi connectivity index (χ0v) is 20.5. The maximum Gasteiger partial charge on any atom is 0.268 e. The van der Waals surface area contributed by atoms with E-state index in [1.54, 1.807) is 74.5 Å². The lowest BCUT2D eigenvalue weighted by atomic mass is 10.1. The average molecular weight is 508 g/mol. The molecule has 10 heteroatoms. The molecule has 0 atom stereocenters. The van der Waals surface area contributed by atoms with Crippen LogP contribution in [0.25, 0.3) is 22.0 Å². The van der Waals surface area contributed by atoms with E-state index in [0.29, 0.717) is 33.3 Å². The van der Waals surface area contributed by atoms with Gasteiger partial charge in [0.05, 0.1) is 21.0 Å². The zero-order valence-electron chi connectivity index (χ0n) is 18.8. The smallest absolute Gasteiger partial charge is 0.268 e. The molecule has 0 aliphatic carbocycles. The Morgan fingerprint density at radius 2 is 1.46 bits per heavy atom. The van der Waals surface area contributed by atoms with E-state index in [2.05, 4.69) is 9.88 Å². The van der Waals surface area contributed by atoms with Gasteiger partial charge in [0, 0.05) is 28.3 Å². The molecule has 0 amide bonds. The van der Waals surface area contributed by atoms with Crippen molar-refractivity contribution in [2.24, 2.45) is 0 Å². The van der Waals surface area contributed by atoms with Crippen LogP contribution in [0.15, 0.2) is 99.4 Å². The van der Waals surface area contributed by atoms with Crippen LogP contribution < -0.4 is 4.72 Å². The Balaban J connectivity index is 1.70. The average Bonchev–Trinajstić information content (AvgIpc) is 3.40. The van der Waals surface area contributed by atoms with Crippen LogP contribution in [-0.4, -0.2) is 26.0 Å². The quantitative estimate of drug-likeness (QED) is 0.348. The number of para-hydroxylation sites is 1. The lowest BCUT2D eigenvalue weighted by Crippen LogP contribution is -2.14. The first-order valence-electron chi connectivity index (χ1n) is 10.7. The van der Waals surface area contributed by atoms with Gasteiger partial charge < -0.3 is 4.52 Å². The summed E-state index contributed by atoms with van der Waals surface area (Å²) >= 11 is 0. The van der Waals surface area contributed by atoms with E-state index in [0.717, 1.165) is 0 Å². The maximum absolute atomic E-state index is 13.5. The van der Waals surface area contributed by atoms with Gasteiger partial charge in [-0.25, -0.2) is 25.5 Å². The largest absolute Gasteiger partial charge is 0.337 e. The summed E-state index contributed by atoms with van der Waals surface area (Å²) in [7, 11) is -8.01. The summed E-state index contributed by atoms with van der Waals surface area (Å²) in [4.78, 5) is 0.111. The lowest BCUT2D eigenvalue weighted by molar-refractivity contribution is 0.430. The van der Waals surface area contributed by atoms with Crippen LogP contribution in [0.1, 0.15) is 11.3 Å². The van der Waals surface area contributed by atoms with Gasteiger partial charge in [0.1, 0.15) is 0 Å². The van der Waals surface area contributed by atoms with Gasteiger partial charge in [-0.2, -0.15) is 0 Å². The highest BCUT2D eigenvalue weighted by Gasteiger charge is 2.26. The highest BCUT2D eigenvalue weighted by molar-refractivity contribution is 7.92. The second-order valence-electron chi connectivity index (χ2n) is 8.00. The van der Waals surface area contributed by atoms with E-state index in [4.69, 9.17) is 4.52 Å². The van der Waals surface area contributed by atoms with Crippen molar-refractivity contribution in [3.63, 3.8) is 0 Å². The van der Waals surface area contributed by atoms with E-state index in [-0.39, 0.29) is 15.7 Å². The van der Waals surface area contributed by atoms with Gasteiger partial charge >= 0.3 is 0 Å². The normalized spacial score (nSPS) is 12.2. The minimum atomic E-state index is -4.09. The lowest BCUT2D eigenvalue weighted by Gasteiger charge is -2.11. The number of aryl methyl sites for hydroxylation is 1. The molecule has 0 saturated heterocycles. The van der Waals surface area contributed by atoms with Crippen LogP contribution in [0, 0.1) is 13.8 Å². The Morgan fingerprint density at radius 3 is 2.17 bits per heavy atom. The van der Waals surface area contributed by atoms with Crippen molar-refractivity contribution in [3.05, 3.63) is 96.3 Å². The molecular formula is C25H21N3O5S2. The first kappa shape index (κ1) is 22.9. The summed E-state index contributed by atoms with van der Waals surface area (Å²) in [5.41, 5.74) is 2.41. The van der Waals surface area contributed by atoms with Crippen molar-refractivity contribution in [1.82, 2.24) is 9.13 Å². The van der Waals surface area contributed by atoms with Crippen molar-refractivity contribution in [3.8, 4) is 11.1 Å². The first-order chi connectivity index (χ1) is 16.7. The SMILES string of the molecule is Cc1noc(NS(=O)(=O)c2ccccc2-c2cn(S(=O)(=O)c3ccccc3)c3ccccc23)c1C. The predicted octanol–water partition coefficient (Wildman–Crippen LogP) is 4.95. The number of nitrogens with zero attached hydrogens (tertiary/aromatic N) is 2. The van der Waals surface area contributed by atoms with Crippen LogP contribution in [0.3, 0.4) is 0 Å². The molecule has 0 aliphatic rings. The van der Waals surface area contributed by atoms with E-state index in [1.165, 1.54) is 28.4 Å². The van der Waals surface area contributed by atoms with Crippen LogP contribution in [0.2, 0.25) is 0 Å². The summed E-state index contributed by atoms with van der Waals surface area (Å²) in [6.45, 7) is 3.42. The number of hydrogen-bond acceptors (Lipinski definition) is 6. The molecule has 0 fully saturated rings. The van der Waals surface area contributed by atoms with E-state index >= 15 is 0 Å². The molecule has 2 heterocycles. The zero-order chi connectivity index (χ0) is 24.8. The van der Waals surface area contributed by atoms with E-state index in [9.17, 15) is 16.8 Å². The van der Waals surface area contributed by atoms with E-state index < -0.39 is 20.0 Å². The number of aromatic nitrogens is 2. The van der Waals surface area contributed by atoms with Crippen LogP contribution in [-0.2, 0) is 20.0 Å². The summed E-state index contributed by atoms with van der Waals surface area (Å²) in [5.74, 6) is 0.0337. The molecule has 178 valence electrons. The van der Waals surface area contributed by atoms with Crippen molar-refractivity contribution in [2.45, 2.75) is 23.6 Å². The van der Waals surface area contributed by atoms with Crippen LogP contribution >= 0.6 is 0 Å². The molecule has 3 aromatic carbocycles. The number of rotatable bonds is 6. The van der Waals surface area contributed by atoms with Gasteiger partial charge in [0.2, 0.25) is 5.88 Å². The van der Waals surface area contributed by atoms with Crippen molar-refractivity contribution in [2.75, 3.05) is 4.72 Å². The summed E-state index contributed by atoms with van der Waals surface area (Å²) in [5, 5.41) is 4.40. The number of hydrogen-bond donors (Lipinski definition) is 1. The number of benzene rings is 3. The summed E-state index contributed by atoms with van der Waals surface area (Å²) < 4.78 is 62.5. The molecule has 0 radical (unpaired) electrons. The molecule has 8 nitrogen and oxygen atoms in total. The predicted molar refractivity (Wildman–Crippen MR) is 133 cm³/mol. The van der Waals surface area contributed by atoms with Crippen LogP contribution in [0.5, 0.6) is 0 Å². The highest BCUT2D eigenvalue weighted by atomic mass is 32.2. The van der Waals surface area contributed by atoms with Gasteiger partial charge in [-0.05, 0) is 38.1 Å². The topological polar surface area (TPSA) is 111 Å². The standard InChI is InChI=1S/C25H21N3O5S2/c1-17-18(2)26-33-25(17)27-34(29,30)24-15-9-7-13-21(24)22-16-28(23-14-8-6-12-20(22)23)35(31,32)19-10-4-3-5-11-19/h3-16,27H,1-2H3. The van der Waals surface area contributed by atoms with Gasteiger partial charge in [0.25, 0.3) is 20.0 Å². The molecular weight excluding hydrogens is 486 g/mol. The fourth-order valence-corrected chi connectivity index (χ4v) is 6.54. The van der Waals surface area contributed by atoms with Gasteiger partial charge in [-0.15, -0.1) is 0 Å². The van der Waals surface area contributed by atoms with E-state index in [1.807, 2.05) is 0 Å². The Labute approximate surface area is 202 Å². The number of fused-ring (bicyclic) bond motifs is 1. The third kappa shape index (κ3) is 3.90. The Bertz CT molecular complexity index is 1770. The molecule has 0 bridgehead atoms. The van der Waals surface area contributed by atoms with Crippen LogP contribution in [0.4, 0.5) is 5.88 Å². The molecule has 2 aromatic heterocycles.